The van der Waals surface area contributed by atoms with E-state index in [4.69, 9.17) is 43.6 Å². The second-order valence-electron chi connectivity index (χ2n) is 12.5. The van der Waals surface area contributed by atoms with E-state index < -0.39 is 11.9 Å². The Hall–Kier alpha value is -3.72. The number of benzene rings is 2. The van der Waals surface area contributed by atoms with Crippen LogP contribution in [0.5, 0.6) is 11.5 Å². The maximum absolute atomic E-state index is 13.5. The summed E-state index contributed by atoms with van der Waals surface area (Å²) in [6.45, 7) is 22.6. The molecule has 2 aromatic carbocycles. The van der Waals surface area contributed by atoms with Gasteiger partial charge in [-0.05, 0) is 103 Å². The summed E-state index contributed by atoms with van der Waals surface area (Å²) in [5.74, 6) is -0.920. The van der Waals surface area contributed by atoms with Gasteiger partial charge in [-0.15, -0.1) is 0 Å². The average molecular weight is 761 g/mol. The summed E-state index contributed by atoms with van der Waals surface area (Å²) in [4.78, 5) is 46.6. The molecule has 0 fully saturated rings. The zero-order valence-electron chi connectivity index (χ0n) is 32.4. The van der Waals surface area contributed by atoms with Crippen LogP contribution in [0.25, 0.3) is 0 Å². The predicted octanol–water partition coefficient (Wildman–Crippen LogP) is 5.34. The molecule has 0 unspecified atom stereocenters. The fourth-order valence-corrected chi connectivity index (χ4v) is 6.03. The molecule has 290 valence electrons. The number of ether oxygens (including phenoxy) is 2. The van der Waals surface area contributed by atoms with Crippen molar-refractivity contribution in [2.45, 2.75) is 67.5 Å². The van der Waals surface area contributed by atoms with Gasteiger partial charge in [0.05, 0.1) is 26.2 Å². The van der Waals surface area contributed by atoms with E-state index in [2.05, 4.69) is 37.5 Å². The number of hydrogen-bond acceptors (Lipinski definition) is 10. The number of hydroxylamine groups is 4. The lowest BCUT2D eigenvalue weighted by atomic mass is 10.3. The van der Waals surface area contributed by atoms with Gasteiger partial charge in [0.1, 0.15) is 24.7 Å². The van der Waals surface area contributed by atoms with Gasteiger partial charge in [-0.2, -0.15) is 10.1 Å². The minimum Gasteiger partial charge on any atom is -0.492 e. The predicted molar refractivity (Wildman–Crippen MR) is 214 cm³/mol. The van der Waals surface area contributed by atoms with Gasteiger partial charge in [0.15, 0.2) is 0 Å². The van der Waals surface area contributed by atoms with Crippen molar-refractivity contribution in [3.8, 4) is 11.5 Å². The highest BCUT2D eigenvalue weighted by Crippen LogP contribution is 2.14. The Morgan fingerprint density at radius 2 is 0.865 bits per heavy atom. The van der Waals surface area contributed by atoms with Crippen molar-refractivity contribution in [2.24, 2.45) is 0 Å². The quantitative estimate of drug-likeness (QED) is 0.0989. The Morgan fingerprint density at radius 3 is 1.15 bits per heavy atom. The van der Waals surface area contributed by atoms with E-state index in [1.54, 1.807) is 0 Å². The fraction of sp³-hybridized carbons (Fsp3) is 0.579. The van der Waals surface area contributed by atoms with E-state index in [0.717, 1.165) is 37.7 Å². The molecule has 0 aromatic heterocycles. The lowest BCUT2D eigenvalue weighted by Crippen LogP contribution is -2.52. The first-order chi connectivity index (χ1) is 24.9. The minimum atomic E-state index is -1.20. The van der Waals surface area contributed by atoms with Crippen LogP contribution in [0.3, 0.4) is 0 Å². The number of carbonyl (C=O) groups excluding carboxylic acids is 2. The minimum absolute atomic E-state index is 0.0469. The summed E-state index contributed by atoms with van der Waals surface area (Å²) in [5, 5.41) is 3.14. The molecule has 2 rings (SSSR count). The molecule has 0 aliphatic carbocycles. The second-order valence-corrected chi connectivity index (χ2v) is 13.2. The molecule has 0 amide bonds. The topological polar surface area (TPSA) is 90.5 Å². The third-order valence-corrected chi connectivity index (χ3v) is 9.31. The van der Waals surface area contributed by atoms with Gasteiger partial charge in [-0.3, -0.25) is 0 Å². The summed E-state index contributed by atoms with van der Waals surface area (Å²) in [6.07, 6.45) is 0. The van der Waals surface area contributed by atoms with Gasteiger partial charge < -0.3 is 38.7 Å². The number of rotatable bonds is 20. The van der Waals surface area contributed by atoms with Gasteiger partial charge in [-0.1, -0.05) is 64.1 Å². The highest BCUT2D eigenvalue weighted by molar-refractivity contribution is 7.80. The molecule has 2 aromatic rings. The number of para-hydroxylation sites is 2. The number of nitrogens with zero attached hydrogens (tertiary/aromatic N) is 6. The third kappa shape index (κ3) is 15.5. The molecular formula is C38H60N6O6S2. The Balaban J connectivity index is 2.24. The van der Waals surface area contributed by atoms with Crippen molar-refractivity contribution < 1.29 is 28.7 Å². The molecule has 0 saturated carbocycles. The van der Waals surface area contributed by atoms with Gasteiger partial charge in [0.2, 0.25) is 10.2 Å². The summed E-state index contributed by atoms with van der Waals surface area (Å²) >= 11 is 11.8. The Kier molecular flexibility index (Phi) is 20.9. The molecule has 0 aliphatic rings. The Bertz CT molecular complexity index is 1230. The number of likely N-dealkylation sites (N-methyl/N-ethyl adjacent to an activating group) is 2. The smallest absolute Gasteiger partial charge is 0.444 e. The fourth-order valence-electron chi connectivity index (χ4n) is 5.17. The number of hydrogen-bond donors (Lipinski definition) is 0. The van der Waals surface area contributed by atoms with E-state index in [1.165, 1.54) is 10.1 Å². The highest BCUT2D eigenvalue weighted by atomic mass is 32.1. The van der Waals surface area contributed by atoms with Gasteiger partial charge in [0.25, 0.3) is 0 Å². The van der Waals surface area contributed by atoms with Crippen LogP contribution in [0.15, 0.2) is 60.7 Å². The van der Waals surface area contributed by atoms with E-state index >= 15 is 0 Å². The molecular weight excluding hydrogens is 701 g/mol. The molecule has 0 N–H and O–H groups in total. The zero-order valence-corrected chi connectivity index (χ0v) is 34.0. The summed E-state index contributed by atoms with van der Waals surface area (Å²) in [5.41, 5.74) is 0. The zero-order chi connectivity index (χ0) is 38.5. The van der Waals surface area contributed by atoms with E-state index in [0.29, 0.717) is 39.4 Å². The lowest BCUT2D eigenvalue weighted by Gasteiger charge is -2.36. The highest BCUT2D eigenvalue weighted by Gasteiger charge is 2.31. The first-order valence-electron chi connectivity index (χ1n) is 18.4. The van der Waals surface area contributed by atoms with Crippen molar-refractivity contribution in [1.29, 1.82) is 0 Å². The largest absolute Gasteiger partial charge is 0.492 e. The van der Waals surface area contributed by atoms with Crippen LogP contribution in [0.2, 0.25) is 0 Å². The van der Waals surface area contributed by atoms with Crippen molar-refractivity contribution in [1.82, 2.24) is 29.7 Å². The summed E-state index contributed by atoms with van der Waals surface area (Å²) in [7, 11) is 0. The maximum Gasteiger partial charge on any atom is 0.444 e. The maximum atomic E-state index is 13.5. The summed E-state index contributed by atoms with van der Waals surface area (Å²) in [6, 6.07) is 18.9. The molecule has 0 heterocycles. The van der Waals surface area contributed by atoms with Gasteiger partial charge in [0, 0.05) is 25.2 Å². The lowest BCUT2D eigenvalue weighted by molar-refractivity contribution is -0.202. The molecule has 0 aliphatic heterocycles. The van der Waals surface area contributed by atoms with Crippen molar-refractivity contribution in [2.75, 3.05) is 78.7 Å². The van der Waals surface area contributed by atoms with Crippen LogP contribution in [0.4, 0.5) is 0 Å². The molecule has 12 nitrogen and oxygen atoms in total. The van der Waals surface area contributed by atoms with E-state index in [1.807, 2.05) is 98.2 Å². The monoisotopic (exact) mass is 760 g/mol. The summed E-state index contributed by atoms with van der Waals surface area (Å²) < 4.78 is 11.9. The second kappa shape index (κ2) is 24.5. The van der Waals surface area contributed by atoms with Crippen LogP contribution >= 0.6 is 24.4 Å². The molecule has 52 heavy (non-hydrogen) atoms. The van der Waals surface area contributed by atoms with Crippen LogP contribution in [0.1, 0.15) is 55.4 Å². The number of thiocarbonyl (C=S) groups is 2. The van der Waals surface area contributed by atoms with Gasteiger partial charge in [-0.25, -0.2) is 9.59 Å². The molecule has 0 saturated heterocycles. The Morgan fingerprint density at radius 1 is 0.538 bits per heavy atom. The van der Waals surface area contributed by atoms with E-state index in [9.17, 15) is 9.59 Å². The van der Waals surface area contributed by atoms with Crippen molar-refractivity contribution in [3.05, 3.63) is 60.7 Å². The van der Waals surface area contributed by atoms with Crippen LogP contribution in [0, 0.1) is 0 Å². The SMILES string of the molecule is CCN(CC)CCN(OC(=O)C(=O)ON(CCN(CC)CC)C(=S)N(CCOc1ccccc1)C(C)C)C(=S)N(CCOc1ccccc1)C(C)C. The van der Waals surface area contributed by atoms with Crippen LogP contribution in [-0.2, 0) is 19.3 Å². The first-order valence-corrected chi connectivity index (χ1v) is 19.2. The van der Waals surface area contributed by atoms with E-state index in [-0.39, 0.29) is 35.4 Å². The van der Waals surface area contributed by atoms with Crippen molar-refractivity contribution in [3.63, 3.8) is 0 Å². The Labute approximate surface area is 322 Å². The molecule has 0 bridgehead atoms. The average Bonchev–Trinajstić information content (AvgIpc) is 3.14. The van der Waals surface area contributed by atoms with Gasteiger partial charge >= 0.3 is 11.9 Å². The molecule has 14 heteroatoms. The normalized spacial score (nSPS) is 11.1. The first kappa shape index (κ1) is 44.4. The van der Waals surface area contributed by atoms with Crippen LogP contribution < -0.4 is 9.47 Å². The molecule has 0 atom stereocenters. The standard InChI is InChI=1S/C38H60N6O6S2/c1-9-39(10-2)23-25-43(37(51)41(31(5)6)27-29-47-33-19-15-13-16-20-33)49-35(45)36(46)50-44(26-24-40(11-3)12-4)38(52)42(32(7)8)28-30-48-34-21-17-14-18-22-34/h13-22,31-32H,9-12,23-30H2,1-8H3. The number of carbonyl (C=O) groups is 2. The molecule has 0 radical (unpaired) electrons. The van der Waals surface area contributed by atoms with Crippen LogP contribution in [-0.4, -0.2) is 143 Å². The third-order valence-electron chi connectivity index (χ3n) is 8.43. The molecule has 0 spiro atoms. The van der Waals surface area contributed by atoms with Crippen molar-refractivity contribution >= 4 is 46.6 Å².